The van der Waals surface area contributed by atoms with E-state index in [0.717, 1.165) is 69.1 Å². The van der Waals surface area contributed by atoms with Gasteiger partial charge in [-0.2, -0.15) is 0 Å². The first kappa shape index (κ1) is 22.3. The first-order valence-electron chi connectivity index (χ1n) is 11.9. The molecule has 7 nitrogen and oxygen atoms in total. The highest BCUT2D eigenvalue weighted by Crippen LogP contribution is 2.37. The molecule has 0 radical (unpaired) electrons. The first-order chi connectivity index (χ1) is 15.9. The van der Waals surface area contributed by atoms with Crippen molar-refractivity contribution >= 4 is 27.1 Å². The van der Waals surface area contributed by atoms with Crippen molar-refractivity contribution in [1.29, 1.82) is 0 Å². The lowest BCUT2D eigenvalue weighted by Crippen LogP contribution is -2.40. The van der Waals surface area contributed by atoms with Crippen molar-refractivity contribution in [2.24, 2.45) is 5.92 Å². The molecule has 1 unspecified atom stereocenters. The van der Waals surface area contributed by atoms with E-state index in [9.17, 15) is 4.21 Å². The van der Waals surface area contributed by atoms with Crippen molar-refractivity contribution in [2.75, 3.05) is 37.3 Å². The highest BCUT2D eigenvalue weighted by Gasteiger charge is 2.34. The summed E-state index contributed by atoms with van der Waals surface area (Å²) in [6.07, 6.45) is 14.7. The molecule has 33 heavy (non-hydrogen) atoms. The van der Waals surface area contributed by atoms with E-state index >= 15 is 0 Å². The summed E-state index contributed by atoms with van der Waals surface area (Å²) in [5, 5.41) is 0. The molecule has 2 aromatic rings. The topological polar surface area (TPSA) is 71.5 Å². The Labute approximate surface area is 197 Å². The van der Waals surface area contributed by atoms with Crippen LogP contribution in [0.1, 0.15) is 43.0 Å². The smallest absolute Gasteiger partial charge is 0.225 e. The maximum absolute atomic E-state index is 12.2. The number of rotatable bonds is 5. The van der Waals surface area contributed by atoms with Crippen LogP contribution in [0.3, 0.4) is 0 Å². The number of hydrogen-bond acceptors (Lipinski definition) is 6. The monoisotopic (exact) mass is 467 g/mol. The third-order valence-corrected chi connectivity index (χ3v) is 8.57. The van der Waals surface area contributed by atoms with Crippen LogP contribution in [0.5, 0.6) is 5.75 Å². The number of hydrogen-bond donors (Lipinski definition) is 0. The molecule has 8 heteroatoms. The molecular formula is C25H33N5O2S. The average molecular weight is 468 g/mol. The van der Waals surface area contributed by atoms with E-state index in [0.29, 0.717) is 12.5 Å². The minimum Gasteiger partial charge on any atom is -0.488 e. The Kier molecular flexibility index (Phi) is 6.14. The van der Waals surface area contributed by atoms with E-state index in [1.54, 1.807) is 6.26 Å². The van der Waals surface area contributed by atoms with Gasteiger partial charge in [-0.25, -0.2) is 14.3 Å². The van der Waals surface area contributed by atoms with E-state index in [2.05, 4.69) is 44.8 Å². The lowest BCUT2D eigenvalue weighted by atomic mass is 9.89. The zero-order chi connectivity index (χ0) is 23.0. The van der Waals surface area contributed by atoms with Gasteiger partial charge in [0, 0.05) is 66.5 Å². The van der Waals surface area contributed by atoms with Gasteiger partial charge in [-0.3, -0.25) is 9.19 Å². The molecule has 1 saturated heterocycles. The standard InChI is InChI=1S/C25H33N5O2S/c1-4-18-15-27-25(28-16-18)29-9-5-20(6-10-29)23-14-21-13-22(26-17-24(21)32-23)19-7-11-30(12-8-19)33(2,3)31/h7,13,15-17,20,23H,2,4-6,8-12,14H2,1,3H3/t23-,33?/m1/s1. The maximum atomic E-state index is 12.2. The third kappa shape index (κ3) is 4.77. The van der Waals surface area contributed by atoms with Crippen molar-refractivity contribution < 1.29 is 8.95 Å². The largest absolute Gasteiger partial charge is 0.488 e. The molecule has 176 valence electrons. The Morgan fingerprint density at radius 1 is 1.15 bits per heavy atom. The SMILES string of the molecule is C=S(C)(=O)N1CC=C(c2cc3c(cn2)O[C@@H](C2CCN(c4ncc(CC)cn4)CC2)C3)CC1. The number of ether oxygens (including phenoxy) is 1. The minimum atomic E-state index is -2.15. The van der Waals surface area contributed by atoms with Gasteiger partial charge in [-0.05, 0) is 54.7 Å². The Morgan fingerprint density at radius 2 is 1.91 bits per heavy atom. The number of aromatic nitrogens is 3. The highest BCUT2D eigenvalue weighted by atomic mass is 32.2. The van der Waals surface area contributed by atoms with Crippen molar-refractivity contribution in [1.82, 2.24) is 19.3 Å². The molecule has 0 aromatic carbocycles. The summed E-state index contributed by atoms with van der Waals surface area (Å²) >= 11 is 0. The summed E-state index contributed by atoms with van der Waals surface area (Å²) in [5.74, 6) is 6.10. The Balaban J connectivity index is 1.19. The molecule has 5 rings (SSSR count). The lowest BCUT2D eigenvalue weighted by molar-refractivity contribution is 0.138. The second-order valence-electron chi connectivity index (χ2n) is 9.43. The minimum absolute atomic E-state index is 0.217. The third-order valence-electron chi connectivity index (χ3n) is 7.14. The molecule has 0 amide bonds. The summed E-state index contributed by atoms with van der Waals surface area (Å²) in [7, 11) is -2.15. The summed E-state index contributed by atoms with van der Waals surface area (Å²) in [6, 6.07) is 2.20. The van der Waals surface area contributed by atoms with Crippen molar-refractivity contribution in [3.05, 3.63) is 47.6 Å². The Bertz CT molecular complexity index is 1140. The molecule has 3 aliphatic heterocycles. The normalized spacial score (nSPS) is 23.5. The van der Waals surface area contributed by atoms with Gasteiger partial charge in [-0.15, -0.1) is 0 Å². The summed E-state index contributed by atoms with van der Waals surface area (Å²) in [5.41, 5.74) is 4.67. The fraction of sp³-hybridized carbons (Fsp3) is 0.520. The van der Waals surface area contributed by atoms with E-state index in [-0.39, 0.29) is 6.10 Å². The second-order valence-corrected chi connectivity index (χ2v) is 11.9. The number of anilines is 1. The van der Waals surface area contributed by atoms with Crippen LogP contribution in [0, 0.1) is 5.92 Å². The second kappa shape index (κ2) is 9.06. The molecule has 0 aliphatic carbocycles. The summed E-state index contributed by atoms with van der Waals surface area (Å²) in [4.78, 5) is 16.1. The fourth-order valence-corrected chi connectivity index (χ4v) is 5.88. The van der Waals surface area contributed by atoms with E-state index in [1.165, 1.54) is 16.7 Å². The zero-order valence-electron chi connectivity index (χ0n) is 19.6. The molecule has 1 fully saturated rings. The molecule has 3 aliphatic rings. The number of aryl methyl sites for hydroxylation is 1. The quantitative estimate of drug-likeness (QED) is 0.630. The predicted octanol–water partition coefficient (Wildman–Crippen LogP) is 3.00. The maximum Gasteiger partial charge on any atom is 0.225 e. The van der Waals surface area contributed by atoms with Crippen LogP contribution in [0.15, 0.2) is 30.7 Å². The van der Waals surface area contributed by atoms with Gasteiger partial charge in [0.05, 0.1) is 11.9 Å². The van der Waals surface area contributed by atoms with Gasteiger partial charge in [-0.1, -0.05) is 13.0 Å². The number of pyridine rings is 1. The zero-order valence-corrected chi connectivity index (χ0v) is 20.4. The van der Waals surface area contributed by atoms with Gasteiger partial charge in [0.1, 0.15) is 11.9 Å². The Hall–Kier alpha value is -2.45. The van der Waals surface area contributed by atoms with Crippen molar-refractivity contribution in [3.63, 3.8) is 0 Å². The van der Waals surface area contributed by atoms with Crippen LogP contribution < -0.4 is 9.64 Å². The summed E-state index contributed by atoms with van der Waals surface area (Å²) < 4.78 is 20.5. The van der Waals surface area contributed by atoms with Crippen LogP contribution in [-0.2, 0) is 22.5 Å². The lowest BCUT2D eigenvalue weighted by Gasteiger charge is -2.34. The number of piperidine rings is 1. The van der Waals surface area contributed by atoms with Crippen LogP contribution in [0.2, 0.25) is 0 Å². The van der Waals surface area contributed by atoms with Crippen LogP contribution in [-0.4, -0.2) is 67.9 Å². The molecule has 0 bridgehead atoms. The predicted molar refractivity (Wildman–Crippen MR) is 134 cm³/mol. The highest BCUT2D eigenvalue weighted by molar-refractivity contribution is 7.97. The molecule has 0 saturated carbocycles. The molecular weight excluding hydrogens is 434 g/mol. The van der Waals surface area contributed by atoms with Gasteiger partial charge in [0.25, 0.3) is 0 Å². The van der Waals surface area contributed by atoms with Crippen LogP contribution >= 0.6 is 0 Å². The fourth-order valence-electron chi connectivity index (χ4n) is 5.01. The van der Waals surface area contributed by atoms with Gasteiger partial charge >= 0.3 is 0 Å². The van der Waals surface area contributed by atoms with Gasteiger partial charge in [0.15, 0.2) is 0 Å². The first-order valence-corrected chi connectivity index (χ1v) is 14.0. The number of nitrogens with zero attached hydrogens (tertiary/aromatic N) is 5. The van der Waals surface area contributed by atoms with Crippen LogP contribution in [0.25, 0.3) is 5.57 Å². The summed E-state index contributed by atoms with van der Waals surface area (Å²) in [6.45, 7) is 5.47. The van der Waals surface area contributed by atoms with Gasteiger partial charge in [0.2, 0.25) is 5.95 Å². The molecule has 5 heterocycles. The van der Waals surface area contributed by atoms with Crippen molar-refractivity contribution in [2.45, 2.75) is 45.1 Å². The van der Waals surface area contributed by atoms with E-state index < -0.39 is 9.71 Å². The van der Waals surface area contributed by atoms with Gasteiger partial charge < -0.3 is 9.64 Å². The molecule has 0 N–H and O–H groups in total. The Morgan fingerprint density at radius 3 is 2.55 bits per heavy atom. The molecule has 2 atom stereocenters. The van der Waals surface area contributed by atoms with E-state index in [1.807, 2.05) is 22.9 Å². The van der Waals surface area contributed by atoms with Crippen LogP contribution in [0.4, 0.5) is 5.95 Å². The van der Waals surface area contributed by atoms with E-state index in [4.69, 9.17) is 4.74 Å². The van der Waals surface area contributed by atoms with Crippen molar-refractivity contribution in [3.8, 4) is 5.75 Å². The number of fused-ring (bicyclic) bond motifs is 1. The molecule has 2 aromatic heterocycles. The average Bonchev–Trinajstić information content (AvgIpc) is 3.27. The molecule has 0 spiro atoms.